The van der Waals surface area contributed by atoms with Gasteiger partial charge in [0.15, 0.2) is 11.5 Å². The largest absolute Gasteiger partial charge is 0.497 e. The molecular formula is C19H22O4. The Morgan fingerprint density at radius 1 is 0.783 bits per heavy atom. The van der Waals surface area contributed by atoms with Crippen LogP contribution in [-0.2, 0) is 12.8 Å². The molecule has 1 aliphatic carbocycles. The van der Waals surface area contributed by atoms with Gasteiger partial charge in [-0.1, -0.05) is 12.1 Å². The van der Waals surface area contributed by atoms with Crippen molar-refractivity contribution in [2.75, 3.05) is 28.4 Å². The van der Waals surface area contributed by atoms with E-state index in [2.05, 4.69) is 18.2 Å². The first-order valence-corrected chi connectivity index (χ1v) is 7.66. The summed E-state index contributed by atoms with van der Waals surface area (Å²) in [5, 5.41) is 0. The maximum Gasteiger partial charge on any atom is 0.203 e. The third-order valence-corrected chi connectivity index (χ3v) is 4.53. The Bertz CT molecular complexity index is 692. The molecule has 122 valence electrons. The molecule has 4 nitrogen and oxygen atoms in total. The van der Waals surface area contributed by atoms with Crippen LogP contribution in [0, 0.1) is 0 Å². The third kappa shape index (κ3) is 2.69. The van der Waals surface area contributed by atoms with Crippen molar-refractivity contribution in [1.29, 1.82) is 0 Å². The van der Waals surface area contributed by atoms with E-state index < -0.39 is 0 Å². The van der Waals surface area contributed by atoms with Crippen LogP contribution >= 0.6 is 0 Å². The van der Waals surface area contributed by atoms with E-state index in [1.165, 1.54) is 16.7 Å². The second kappa shape index (κ2) is 6.41. The first-order chi connectivity index (χ1) is 11.2. The zero-order chi connectivity index (χ0) is 16.4. The molecule has 0 spiro atoms. The zero-order valence-corrected chi connectivity index (χ0v) is 14.0. The standard InChI is InChI=1S/C19H22O4/c1-20-15-7-5-12(6-8-15)13-9-14-11-17(21-2)19(23-4)18(22-3)16(14)10-13/h5-8,11,13H,9-10H2,1-4H3. The number of ether oxygens (including phenoxy) is 4. The average molecular weight is 314 g/mol. The second-order valence-electron chi connectivity index (χ2n) is 5.66. The Kier molecular flexibility index (Phi) is 4.33. The van der Waals surface area contributed by atoms with Gasteiger partial charge in [-0.15, -0.1) is 0 Å². The van der Waals surface area contributed by atoms with Crippen molar-refractivity contribution in [1.82, 2.24) is 0 Å². The predicted octanol–water partition coefficient (Wildman–Crippen LogP) is 3.60. The number of fused-ring (bicyclic) bond motifs is 1. The summed E-state index contributed by atoms with van der Waals surface area (Å²) in [7, 11) is 6.66. The molecule has 0 saturated carbocycles. The lowest BCUT2D eigenvalue weighted by Gasteiger charge is -2.15. The molecule has 1 unspecified atom stereocenters. The Morgan fingerprint density at radius 2 is 1.48 bits per heavy atom. The number of benzene rings is 2. The van der Waals surface area contributed by atoms with Crippen molar-refractivity contribution in [3.05, 3.63) is 47.0 Å². The van der Waals surface area contributed by atoms with Crippen LogP contribution in [0.15, 0.2) is 30.3 Å². The van der Waals surface area contributed by atoms with E-state index in [4.69, 9.17) is 18.9 Å². The summed E-state index contributed by atoms with van der Waals surface area (Å²) in [5.74, 6) is 3.49. The molecule has 0 N–H and O–H groups in total. The highest BCUT2D eigenvalue weighted by Gasteiger charge is 2.30. The summed E-state index contributed by atoms with van der Waals surface area (Å²) >= 11 is 0. The molecule has 0 fully saturated rings. The van der Waals surface area contributed by atoms with E-state index in [1.807, 2.05) is 12.1 Å². The van der Waals surface area contributed by atoms with Crippen LogP contribution in [0.2, 0.25) is 0 Å². The fourth-order valence-corrected chi connectivity index (χ4v) is 3.37. The molecule has 2 aromatic carbocycles. The Balaban J connectivity index is 1.96. The highest BCUT2D eigenvalue weighted by molar-refractivity contribution is 5.61. The Labute approximate surface area is 136 Å². The van der Waals surface area contributed by atoms with Gasteiger partial charge in [0, 0.05) is 5.56 Å². The minimum atomic E-state index is 0.432. The molecular weight excluding hydrogens is 292 g/mol. The van der Waals surface area contributed by atoms with Gasteiger partial charge in [-0.05, 0) is 48.1 Å². The lowest BCUT2D eigenvalue weighted by Crippen LogP contribution is -1.99. The van der Waals surface area contributed by atoms with E-state index in [0.29, 0.717) is 11.7 Å². The van der Waals surface area contributed by atoms with E-state index in [0.717, 1.165) is 30.1 Å². The van der Waals surface area contributed by atoms with Crippen LogP contribution in [0.5, 0.6) is 23.0 Å². The summed E-state index contributed by atoms with van der Waals surface area (Å²) in [6.45, 7) is 0. The number of methoxy groups -OCH3 is 4. The molecule has 1 atom stereocenters. The molecule has 1 aliphatic rings. The SMILES string of the molecule is COc1ccc(C2Cc3cc(OC)c(OC)c(OC)c3C2)cc1. The smallest absolute Gasteiger partial charge is 0.203 e. The van der Waals surface area contributed by atoms with E-state index in [9.17, 15) is 0 Å². The Hall–Kier alpha value is -2.36. The summed E-state index contributed by atoms with van der Waals surface area (Å²) in [6.07, 6.45) is 1.91. The minimum Gasteiger partial charge on any atom is -0.497 e. The van der Waals surface area contributed by atoms with Crippen LogP contribution in [0.3, 0.4) is 0 Å². The molecule has 2 aromatic rings. The van der Waals surface area contributed by atoms with Crippen LogP contribution in [0.25, 0.3) is 0 Å². The predicted molar refractivity (Wildman–Crippen MR) is 89.2 cm³/mol. The van der Waals surface area contributed by atoms with E-state index in [1.54, 1.807) is 28.4 Å². The van der Waals surface area contributed by atoms with Gasteiger partial charge in [0.1, 0.15) is 5.75 Å². The first kappa shape index (κ1) is 15.5. The van der Waals surface area contributed by atoms with Gasteiger partial charge in [0.05, 0.1) is 28.4 Å². The van der Waals surface area contributed by atoms with Crippen molar-refractivity contribution < 1.29 is 18.9 Å². The van der Waals surface area contributed by atoms with Crippen molar-refractivity contribution >= 4 is 0 Å². The third-order valence-electron chi connectivity index (χ3n) is 4.53. The number of rotatable bonds is 5. The normalized spacial score (nSPS) is 15.9. The summed E-state index contributed by atoms with van der Waals surface area (Å²) in [4.78, 5) is 0. The van der Waals surface area contributed by atoms with Gasteiger partial charge in [0.2, 0.25) is 5.75 Å². The van der Waals surface area contributed by atoms with Crippen molar-refractivity contribution in [3.63, 3.8) is 0 Å². The summed E-state index contributed by atoms with van der Waals surface area (Å²) < 4.78 is 21.8. The molecule has 0 radical (unpaired) electrons. The van der Waals surface area contributed by atoms with Crippen LogP contribution in [0.4, 0.5) is 0 Å². The zero-order valence-electron chi connectivity index (χ0n) is 14.0. The lowest BCUT2D eigenvalue weighted by molar-refractivity contribution is 0.322. The number of hydrogen-bond acceptors (Lipinski definition) is 4. The van der Waals surface area contributed by atoms with Gasteiger partial charge in [-0.2, -0.15) is 0 Å². The summed E-state index contributed by atoms with van der Waals surface area (Å²) in [5.41, 5.74) is 3.79. The molecule has 23 heavy (non-hydrogen) atoms. The molecule has 0 heterocycles. The van der Waals surface area contributed by atoms with Gasteiger partial charge in [-0.25, -0.2) is 0 Å². The minimum absolute atomic E-state index is 0.432. The topological polar surface area (TPSA) is 36.9 Å². The lowest BCUT2D eigenvalue weighted by atomic mass is 9.96. The van der Waals surface area contributed by atoms with Gasteiger partial charge >= 0.3 is 0 Å². The quantitative estimate of drug-likeness (QED) is 0.845. The fourth-order valence-electron chi connectivity index (χ4n) is 3.37. The molecule has 0 saturated heterocycles. The monoisotopic (exact) mass is 314 g/mol. The van der Waals surface area contributed by atoms with Gasteiger partial charge in [0.25, 0.3) is 0 Å². The maximum absolute atomic E-state index is 5.62. The van der Waals surface area contributed by atoms with Gasteiger partial charge in [-0.3, -0.25) is 0 Å². The van der Waals surface area contributed by atoms with E-state index in [-0.39, 0.29) is 0 Å². The highest BCUT2D eigenvalue weighted by Crippen LogP contribution is 2.48. The van der Waals surface area contributed by atoms with Crippen LogP contribution < -0.4 is 18.9 Å². The van der Waals surface area contributed by atoms with Crippen LogP contribution in [-0.4, -0.2) is 28.4 Å². The van der Waals surface area contributed by atoms with E-state index >= 15 is 0 Å². The number of hydrogen-bond donors (Lipinski definition) is 0. The Morgan fingerprint density at radius 3 is 2.04 bits per heavy atom. The molecule has 0 aromatic heterocycles. The highest BCUT2D eigenvalue weighted by atomic mass is 16.5. The van der Waals surface area contributed by atoms with Crippen molar-refractivity contribution in [2.45, 2.75) is 18.8 Å². The second-order valence-corrected chi connectivity index (χ2v) is 5.66. The maximum atomic E-state index is 5.62. The molecule has 4 heteroatoms. The first-order valence-electron chi connectivity index (χ1n) is 7.66. The van der Waals surface area contributed by atoms with Crippen molar-refractivity contribution in [2.24, 2.45) is 0 Å². The average Bonchev–Trinajstić information content (AvgIpc) is 3.03. The van der Waals surface area contributed by atoms with Gasteiger partial charge < -0.3 is 18.9 Å². The molecule has 0 amide bonds. The fraction of sp³-hybridized carbons (Fsp3) is 0.368. The molecule has 3 rings (SSSR count). The van der Waals surface area contributed by atoms with Crippen LogP contribution in [0.1, 0.15) is 22.6 Å². The summed E-state index contributed by atoms with van der Waals surface area (Å²) in [6, 6.07) is 10.4. The van der Waals surface area contributed by atoms with Crippen molar-refractivity contribution in [3.8, 4) is 23.0 Å². The molecule has 0 bridgehead atoms. The molecule has 0 aliphatic heterocycles.